The number of hydrogen-bond acceptors (Lipinski definition) is 9. The van der Waals surface area contributed by atoms with Crippen molar-refractivity contribution < 1.29 is 38.4 Å². The third-order valence-corrected chi connectivity index (χ3v) is 6.85. The predicted octanol–water partition coefficient (Wildman–Crippen LogP) is 4.06. The second-order valence-electron chi connectivity index (χ2n) is 10.8. The molecule has 0 aliphatic carbocycles. The first-order chi connectivity index (χ1) is 21.2. The minimum atomic E-state index is -0.681. The number of amides is 1. The lowest BCUT2D eigenvalue weighted by atomic mass is 10.0. The SMILES string of the molecule is NCCNCCOCCOCCOCCOCCOCCNC(=O)CCCCCCCCCCCCCCCCC(=O)O. The van der Waals surface area contributed by atoms with Crippen LogP contribution in [0.15, 0.2) is 0 Å². The van der Waals surface area contributed by atoms with Crippen molar-refractivity contribution in [1.82, 2.24) is 10.6 Å². The molecule has 0 bridgehead atoms. The van der Waals surface area contributed by atoms with Crippen molar-refractivity contribution >= 4 is 11.9 Å². The van der Waals surface area contributed by atoms with E-state index in [1.165, 1.54) is 57.8 Å². The molecule has 256 valence electrons. The van der Waals surface area contributed by atoms with Crippen LogP contribution in [0.1, 0.15) is 103 Å². The van der Waals surface area contributed by atoms with Gasteiger partial charge in [-0.15, -0.1) is 0 Å². The number of carboxylic acids is 1. The molecule has 0 spiro atoms. The Labute approximate surface area is 261 Å². The lowest BCUT2D eigenvalue weighted by Crippen LogP contribution is -2.27. The molecule has 1 amide bonds. The predicted molar refractivity (Wildman–Crippen MR) is 171 cm³/mol. The molecule has 0 heterocycles. The molecule has 43 heavy (non-hydrogen) atoms. The number of unbranched alkanes of at least 4 members (excludes halogenated alkanes) is 13. The van der Waals surface area contributed by atoms with E-state index in [0.29, 0.717) is 92.0 Å². The van der Waals surface area contributed by atoms with Gasteiger partial charge in [-0.3, -0.25) is 9.59 Å². The number of nitrogens with two attached hydrogens (primary N) is 1. The second kappa shape index (κ2) is 36.8. The minimum absolute atomic E-state index is 0.103. The molecule has 11 nitrogen and oxygen atoms in total. The summed E-state index contributed by atoms with van der Waals surface area (Å²) in [5.74, 6) is -0.578. The van der Waals surface area contributed by atoms with E-state index in [0.717, 1.165) is 45.2 Å². The summed E-state index contributed by atoms with van der Waals surface area (Å²) in [5, 5.41) is 14.7. The Bertz CT molecular complexity index is 587. The molecular formula is C32H65N3O8. The van der Waals surface area contributed by atoms with Crippen LogP contribution in [0.2, 0.25) is 0 Å². The molecule has 5 N–H and O–H groups in total. The number of ether oxygens (including phenoxy) is 5. The lowest BCUT2D eigenvalue weighted by molar-refractivity contribution is -0.137. The number of carboxylic acid groups (broad SMARTS) is 1. The van der Waals surface area contributed by atoms with E-state index in [4.69, 9.17) is 34.5 Å². The van der Waals surface area contributed by atoms with E-state index < -0.39 is 5.97 Å². The molecule has 0 aromatic rings. The average Bonchev–Trinajstić information content (AvgIpc) is 2.99. The molecule has 0 aliphatic rings. The van der Waals surface area contributed by atoms with Crippen LogP contribution in [0, 0.1) is 0 Å². The Morgan fingerprint density at radius 1 is 0.465 bits per heavy atom. The summed E-state index contributed by atoms with van der Waals surface area (Å²) < 4.78 is 27.3. The fourth-order valence-electron chi connectivity index (χ4n) is 4.39. The van der Waals surface area contributed by atoms with E-state index >= 15 is 0 Å². The van der Waals surface area contributed by atoms with Crippen molar-refractivity contribution in [3.63, 3.8) is 0 Å². The maximum atomic E-state index is 11.9. The number of carbonyl (C=O) groups excluding carboxylic acids is 1. The maximum Gasteiger partial charge on any atom is 0.303 e. The van der Waals surface area contributed by atoms with Crippen LogP contribution in [0.5, 0.6) is 0 Å². The Hall–Kier alpha value is -1.34. The quantitative estimate of drug-likeness (QED) is 0.0750. The molecule has 0 aromatic carbocycles. The Morgan fingerprint density at radius 3 is 1.21 bits per heavy atom. The molecule has 0 aliphatic heterocycles. The summed E-state index contributed by atoms with van der Waals surface area (Å²) in [7, 11) is 0. The van der Waals surface area contributed by atoms with Crippen LogP contribution >= 0.6 is 0 Å². The van der Waals surface area contributed by atoms with E-state index in [1.807, 2.05) is 0 Å². The number of nitrogens with one attached hydrogen (secondary N) is 2. The first kappa shape index (κ1) is 41.7. The maximum absolute atomic E-state index is 11.9. The third-order valence-electron chi connectivity index (χ3n) is 6.85. The van der Waals surface area contributed by atoms with E-state index in [2.05, 4.69) is 10.6 Å². The van der Waals surface area contributed by atoms with Gasteiger partial charge in [-0.25, -0.2) is 0 Å². The second-order valence-corrected chi connectivity index (χ2v) is 10.8. The monoisotopic (exact) mass is 619 g/mol. The van der Waals surface area contributed by atoms with Gasteiger partial charge >= 0.3 is 5.97 Å². The number of aliphatic carboxylic acids is 1. The standard InChI is InChI=1S/C32H65N3O8/c33-17-18-34-19-21-39-23-25-41-27-29-43-30-28-42-26-24-40-22-20-35-31(36)15-13-11-9-7-5-3-1-2-4-6-8-10-12-14-16-32(37)38/h34H,1-30,33H2,(H,35,36)(H,37,38). The molecule has 0 unspecified atom stereocenters. The van der Waals surface area contributed by atoms with Gasteiger partial charge in [0.15, 0.2) is 0 Å². The van der Waals surface area contributed by atoms with Gasteiger partial charge < -0.3 is 45.2 Å². The third kappa shape index (κ3) is 38.6. The van der Waals surface area contributed by atoms with Crippen molar-refractivity contribution in [2.24, 2.45) is 5.73 Å². The zero-order valence-electron chi connectivity index (χ0n) is 27.1. The van der Waals surface area contributed by atoms with Gasteiger partial charge in [0.2, 0.25) is 5.91 Å². The molecule has 0 saturated carbocycles. The number of carbonyl (C=O) groups is 2. The van der Waals surface area contributed by atoms with Gasteiger partial charge in [-0.2, -0.15) is 0 Å². The Kier molecular flexibility index (Phi) is 35.7. The highest BCUT2D eigenvalue weighted by atomic mass is 16.6. The molecule has 0 rings (SSSR count). The van der Waals surface area contributed by atoms with Gasteiger partial charge in [0, 0.05) is 39.0 Å². The molecule has 0 saturated heterocycles. The molecule has 0 aromatic heterocycles. The molecule has 11 heteroatoms. The van der Waals surface area contributed by atoms with Crippen LogP contribution in [0.3, 0.4) is 0 Å². The van der Waals surface area contributed by atoms with Crippen LogP contribution in [0.4, 0.5) is 0 Å². The fourth-order valence-corrected chi connectivity index (χ4v) is 4.39. The van der Waals surface area contributed by atoms with Gasteiger partial charge in [0.05, 0.1) is 66.1 Å². The van der Waals surface area contributed by atoms with Crippen molar-refractivity contribution in [3.05, 3.63) is 0 Å². The van der Waals surface area contributed by atoms with Crippen LogP contribution in [-0.2, 0) is 33.3 Å². The minimum Gasteiger partial charge on any atom is -0.481 e. The van der Waals surface area contributed by atoms with Crippen molar-refractivity contribution in [2.75, 3.05) is 92.2 Å². The van der Waals surface area contributed by atoms with Crippen LogP contribution in [0.25, 0.3) is 0 Å². The molecule has 0 radical (unpaired) electrons. The highest BCUT2D eigenvalue weighted by Crippen LogP contribution is 2.13. The number of hydrogen-bond donors (Lipinski definition) is 4. The highest BCUT2D eigenvalue weighted by molar-refractivity contribution is 5.75. The first-order valence-corrected chi connectivity index (χ1v) is 16.9. The Balaban J connectivity index is 3.15. The zero-order chi connectivity index (χ0) is 31.3. The normalized spacial score (nSPS) is 11.3. The van der Waals surface area contributed by atoms with Gasteiger partial charge in [0.1, 0.15) is 0 Å². The Morgan fingerprint density at radius 2 is 0.814 bits per heavy atom. The highest BCUT2D eigenvalue weighted by Gasteiger charge is 2.01. The van der Waals surface area contributed by atoms with Crippen molar-refractivity contribution in [1.29, 1.82) is 0 Å². The topological polar surface area (TPSA) is 151 Å². The summed E-state index contributed by atoms with van der Waals surface area (Å²) in [6.45, 7) is 8.14. The van der Waals surface area contributed by atoms with Crippen molar-refractivity contribution in [3.8, 4) is 0 Å². The summed E-state index contributed by atoms with van der Waals surface area (Å²) >= 11 is 0. The van der Waals surface area contributed by atoms with E-state index in [1.54, 1.807) is 0 Å². The largest absolute Gasteiger partial charge is 0.481 e. The van der Waals surface area contributed by atoms with E-state index in [9.17, 15) is 9.59 Å². The first-order valence-electron chi connectivity index (χ1n) is 16.9. The fraction of sp³-hybridized carbons (Fsp3) is 0.938. The number of rotatable bonds is 37. The van der Waals surface area contributed by atoms with Crippen LogP contribution < -0.4 is 16.4 Å². The molecule has 0 fully saturated rings. The van der Waals surface area contributed by atoms with Crippen molar-refractivity contribution in [2.45, 2.75) is 103 Å². The molecule has 0 atom stereocenters. The average molecular weight is 620 g/mol. The summed E-state index contributed by atoms with van der Waals surface area (Å²) in [5.41, 5.74) is 5.39. The van der Waals surface area contributed by atoms with Gasteiger partial charge in [-0.1, -0.05) is 77.0 Å². The summed E-state index contributed by atoms with van der Waals surface area (Å²) in [6.07, 6.45) is 17.5. The van der Waals surface area contributed by atoms with E-state index in [-0.39, 0.29) is 5.91 Å². The molecular weight excluding hydrogens is 554 g/mol. The van der Waals surface area contributed by atoms with Gasteiger partial charge in [0.25, 0.3) is 0 Å². The lowest BCUT2D eigenvalue weighted by Gasteiger charge is -2.08. The zero-order valence-corrected chi connectivity index (χ0v) is 27.1. The summed E-state index contributed by atoms with van der Waals surface area (Å²) in [6, 6.07) is 0. The van der Waals surface area contributed by atoms with Crippen LogP contribution in [-0.4, -0.2) is 109 Å². The smallest absolute Gasteiger partial charge is 0.303 e. The summed E-state index contributed by atoms with van der Waals surface area (Å²) in [4.78, 5) is 22.4. The van der Waals surface area contributed by atoms with Gasteiger partial charge in [-0.05, 0) is 12.8 Å².